The Balaban J connectivity index is -0.000000131. The lowest BCUT2D eigenvalue weighted by Gasteiger charge is -1.82. The third-order valence-corrected chi connectivity index (χ3v) is 0.701. The minimum absolute atomic E-state index is 0.481. The number of carbonyl (C=O) groups excluding carboxylic acids is 1. The van der Waals surface area contributed by atoms with Crippen LogP contribution in [0.3, 0.4) is 0 Å². The van der Waals surface area contributed by atoms with E-state index in [-0.39, 0.29) is 0 Å². The summed E-state index contributed by atoms with van der Waals surface area (Å²) >= 11 is 0. The molecule has 0 aromatic carbocycles. The molecular weight excluding hydrogens is 209 g/mol. The smallest absolute Gasteiger partial charge is 0.366 e. The molecule has 0 saturated heterocycles. The molecule has 0 rings (SSSR count). The molecule has 0 bridgehead atoms. The van der Waals surface area contributed by atoms with Crippen LogP contribution in [0.5, 0.6) is 0 Å². The van der Waals surface area contributed by atoms with Crippen molar-refractivity contribution in [3.05, 3.63) is 12.7 Å². The Morgan fingerprint density at radius 1 is 1.36 bits per heavy atom. The zero-order valence-corrected chi connectivity index (χ0v) is 9.28. The van der Waals surface area contributed by atoms with Crippen LogP contribution in [0.2, 0.25) is 0 Å². The minimum atomic E-state index is -4.64. The van der Waals surface area contributed by atoms with E-state index in [1.807, 2.05) is 0 Å². The van der Waals surface area contributed by atoms with E-state index >= 15 is 0 Å². The van der Waals surface area contributed by atoms with Gasteiger partial charge in [-0.2, -0.15) is 0 Å². The maximum absolute atomic E-state index is 9.47. The van der Waals surface area contributed by atoms with E-state index in [1.165, 1.54) is 12.8 Å². The number of primary amides is 1. The molecule has 86 valence electrons. The molecule has 0 spiro atoms. The fourth-order valence-corrected chi connectivity index (χ4v) is 0. The zero-order valence-electron chi connectivity index (χ0n) is 8.38. The second-order valence-electron chi connectivity index (χ2n) is 2.12. The third kappa shape index (κ3) is 224. The number of unbranched alkanes of at least 4 members (excludes halogenated alkanes) is 1. The van der Waals surface area contributed by atoms with Crippen LogP contribution in [0.15, 0.2) is 12.7 Å². The topological polar surface area (TPSA) is 121 Å². The summed E-state index contributed by atoms with van der Waals surface area (Å²) in [5.41, 5.74) is 4.53. The van der Waals surface area contributed by atoms with Gasteiger partial charge in [-0.15, -0.1) is 0 Å². The molecule has 7 heteroatoms. The summed E-state index contributed by atoms with van der Waals surface area (Å²) in [5, 5.41) is 0. The molecule has 0 heterocycles. The maximum atomic E-state index is 9.47. The number of hydrogen-bond donors (Lipinski definition) is 4. The van der Waals surface area contributed by atoms with Crippen LogP contribution in [0.1, 0.15) is 26.7 Å². The summed E-state index contributed by atoms with van der Waals surface area (Å²) < 4.78 is 8.88. The van der Waals surface area contributed by atoms with E-state index in [2.05, 4.69) is 26.2 Å². The van der Waals surface area contributed by atoms with Crippen molar-refractivity contribution in [3.63, 3.8) is 0 Å². The number of amides is 1. The van der Waals surface area contributed by atoms with E-state index < -0.39 is 13.7 Å². The molecule has 0 fully saturated rings. The Labute approximate surface area is 83.7 Å². The zero-order chi connectivity index (χ0) is 12.2. The van der Waals surface area contributed by atoms with Crippen molar-refractivity contribution in [2.24, 2.45) is 5.73 Å². The molecule has 0 radical (unpaired) electrons. The molecule has 0 atom stereocenters. The van der Waals surface area contributed by atoms with Gasteiger partial charge in [0.05, 0.1) is 0 Å². The summed E-state index contributed by atoms with van der Waals surface area (Å²) in [4.78, 5) is 31.0. The highest BCUT2D eigenvalue weighted by atomic mass is 31.2. The highest BCUT2D eigenvalue weighted by molar-refractivity contribution is 7.45. The lowest BCUT2D eigenvalue weighted by molar-refractivity contribution is -0.113. The van der Waals surface area contributed by atoms with Gasteiger partial charge in [0.15, 0.2) is 0 Å². The van der Waals surface area contributed by atoms with Gasteiger partial charge in [0.25, 0.3) is 0 Å². The quantitative estimate of drug-likeness (QED) is 0.405. The highest BCUT2D eigenvalue weighted by Gasteiger charge is 2.00. The minimum Gasteiger partial charge on any atom is -0.366 e. The Bertz CT molecular complexity index is 178. The van der Waals surface area contributed by atoms with Gasteiger partial charge in [0.1, 0.15) is 0 Å². The third-order valence-electron chi connectivity index (χ3n) is 0.701. The Morgan fingerprint density at radius 3 is 1.50 bits per heavy atom. The Hall–Kier alpha value is -0.680. The van der Waals surface area contributed by atoms with Gasteiger partial charge < -0.3 is 20.4 Å². The van der Waals surface area contributed by atoms with Crippen LogP contribution >= 0.6 is 7.82 Å². The van der Waals surface area contributed by atoms with Crippen molar-refractivity contribution in [1.82, 2.24) is 0 Å². The lowest BCUT2D eigenvalue weighted by atomic mass is 10.4. The van der Waals surface area contributed by atoms with Gasteiger partial charge in [0, 0.05) is 0 Å². The number of phosphoric acid groups is 1. The van der Waals surface area contributed by atoms with Gasteiger partial charge in [0.2, 0.25) is 5.91 Å². The SMILES string of the molecule is C=CC(N)=O.CCCC.O=P(O)(O)O. The Morgan fingerprint density at radius 2 is 1.50 bits per heavy atom. The monoisotopic (exact) mass is 227 g/mol. The average Bonchev–Trinajstić information content (AvgIpc) is 2.02. The molecule has 0 aromatic heterocycles. The van der Waals surface area contributed by atoms with Gasteiger partial charge >= 0.3 is 7.82 Å². The lowest BCUT2D eigenvalue weighted by Crippen LogP contribution is -2.04. The first-order valence-corrected chi connectivity index (χ1v) is 5.45. The predicted molar refractivity (Wildman–Crippen MR) is 54.2 cm³/mol. The van der Waals surface area contributed by atoms with Crippen LogP contribution < -0.4 is 5.73 Å². The highest BCUT2D eigenvalue weighted by Crippen LogP contribution is 2.25. The largest absolute Gasteiger partial charge is 0.466 e. The van der Waals surface area contributed by atoms with Crippen molar-refractivity contribution in [3.8, 4) is 0 Å². The maximum Gasteiger partial charge on any atom is 0.466 e. The number of nitrogens with two attached hydrogens (primary N) is 1. The molecule has 0 saturated carbocycles. The number of hydrogen-bond acceptors (Lipinski definition) is 2. The first-order valence-electron chi connectivity index (χ1n) is 3.89. The normalized spacial score (nSPS) is 8.64. The molecule has 0 aliphatic rings. The molecular formula is C7H18NO5P. The molecule has 0 aromatic rings. The summed E-state index contributed by atoms with van der Waals surface area (Å²) in [6.07, 6.45) is 3.69. The van der Waals surface area contributed by atoms with Crippen LogP contribution in [0.4, 0.5) is 0 Å². The van der Waals surface area contributed by atoms with Crippen LogP contribution in [0, 0.1) is 0 Å². The number of rotatable bonds is 2. The molecule has 5 N–H and O–H groups in total. The van der Waals surface area contributed by atoms with Crippen LogP contribution in [-0.2, 0) is 9.36 Å². The fraction of sp³-hybridized carbons (Fsp3) is 0.571. The van der Waals surface area contributed by atoms with Gasteiger partial charge in [-0.25, -0.2) is 4.57 Å². The van der Waals surface area contributed by atoms with E-state index in [0.717, 1.165) is 6.08 Å². The van der Waals surface area contributed by atoms with E-state index in [0.29, 0.717) is 0 Å². The van der Waals surface area contributed by atoms with Crippen LogP contribution in [-0.4, -0.2) is 20.6 Å². The second-order valence-corrected chi connectivity index (χ2v) is 3.15. The second kappa shape index (κ2) is 12.3. The molecule has 0 aliphatic heterocycles. The number of carbonyl (C=O) groups is 1. The van der Waals surface area contributed by atoms with Crippen molar-refractivity contribution >= 4 is 13.7 Å². The molecule has 14 heavy (non-hydrogen) atoms. The van der Waals surface area contributed by atoms with Crippen molar-refractivity contribution in [1.29, 1.82) is 0 Å². The molecule has 0 aliphatic carbocycles. The summed E-state index contributed by atoms with van der Waals surface area (Å²) in [7, 11) is -4.64. The standard InChI is InChI=1S/C4H10.C3H5NO.H3O4P/c1-3-4-2;1-2-3(4)5;1-5(2,3)4/h3-4H2,1-2H3;2H,1H2,(H2,4,5);(H3,1,2,3,4). The predicted octanol–water partition coefficient (Wildman–Crippen LogP) is 0.535. The average molecular weight is 227 g/mol. The summed E-state index contributed by atoms with van der Waals surface area (Å²) in [6.45, 7) is 7.45. The fourth-order valence-electron chi connectivity index (χ4n) is 0. The summed E-state index contributed by atoms with van der Waals surface area (Å²) in [6, 6.07) is 0. The summed E-state index contributed by atoms with van der Waals surface area (Å²) in [5.74, 6) is -0.481. The van der Waals surface area contributed by atoms with E-state index in [4.69, 9.17) is 19.2 Å². The molecule has 6 nitrogen and oxygen atoms in total. The van der Waals surface area contributed by atoms with Crippen molar-refractivity contribution in [2.45, 2.75) is 26.7 Å². The first-order chi connectivity index (χ1) is 6.18. The molecule has 0 unspecified atom stereocenters. The van der Waals surface area contributed by atoms with Gasteiger partial charge in [-0.05, 0) is 6.08 Å². The van der Waals surface area contributed by atoms with E-state index in [1.54, 1.807) is 0 Å². The van der Waals surface area contributed by atoms with E-state index in [9.17, 15) is 4.79 Å². The van der Waals surface area contributed by atoms with Crippen molar-refractivity contribution in [2.75, 3.05) is 0 Å². The van der Waals surface area contributed by atoms with Gasteiger partial charge in [-0.1, -0.05) is 33.3 Å². The molecule has 1 amide bonds. The van der Waals surface area contributed by atoms with Gasteiger partial charge in [-0.3, -0.25) is 4.79 Å². The Kier molecular flexibility index (Phi) is 16.7. The first kappa shape index (κ1) is 19.0. The van der Waals surface area contributed by atoms with Crippen molar-refractivity contribution < 1.29 is 24.0 Å². The van der Waals surface area contributed by atoms with Crippen LogP contribution in [0.25, 0.3) is 0 Å².